The molecule has 0 aliphatic heterocycles. The first-order chi connectivity index (χ1) is 9.63. The molecule has 3 rings (SSSR count). The van der Waals surface area contributed by atoms with Crippen LogP contribution in [0.1, 0.15) is 23.7 Å². The Balaban J connectivity index is 1.96. The molecular weight excluding hydrogens is 270 g/mol. The predicted octanol–water partition coefficient (Wildman–Crippen LogP) is 3.15. The molecule has 0 aliphatic rings. The largest absolute Gasteiger partial charge is 0.399 e. The van der Waals surface area contributed by atoms with Gasteiger partial charge >= 0.3 is 0 Å². The van der Waals surface area contributed by atoms with Gasteiger partial charge in [0.2, 0.25) is 0 Å². The van der Waals surface area contributed by atoms with Gasteiger partial charge in [-0.05, 0) is 32.0 Å². The molecule has 0 amide bonds. The smallest absolute Gasteiger partial charge is 0.137 e. The highest BCUT2D eigenvalue weighted by Crippen LogP contribution is 2.26. The van der Waals surface area contributed by atoms with Crippen LogP contribution < -0.4 is 11.1 Å². The van der Waals surface area contributed by atoms with Gasteiger partial charge in [-0.25, -0.2) is 15.0 Å². The van der Waals surface area contributed by atoms with Gasteiger partial charge in [0, 0.05) is 22.1 Å². The summed E-state index contributed by atoms with van der Waals surface area (Å²) in [5.41, 5.74) is 8.46. The maximum Gasteiger partial charge on any atom is 0.137 e. The fourth-order valence-corrected chi connectivity index (χ4v) is 2.83. The van der Waals surface area contributed by atoms with Crippen molar-refractivity contribution in [2.24, 2.45) is 0 Å². The van der Waals surface area contributed by atoms with E-state index in [0.717, 1.165) is 27.4 Å². The molecule has 2 aromatic heterocycles. The van der Waals surface area contributed by atoms with E-state index >= 15 is 0 Å². The van der Waals surface area contributed by atoms with Crippen LogP contribution in [0, 0.1) is 6.92 Å². The number of benzene rings is 1. The van der Waals surface area contributed by atoms with Crippen LogP contribution in [0.25, 0.3) is 10.9 Å². The molecule has 2 heterocycles. The molecule has 0 saturated heterocycles. The third-order valence-electron chi connectivity index (χ3n) is 3.02. The van der Waals surface area contributed by atoms with Gasteiger partial charge in [0.25, 0.3) is 0 Å². The molecule has 3 aromatic rings. The standard InChI is InChI=1S/C14H15N5S/c1-8-6-20-14(18-8)9(2)19-13-11-5-10(15)3-4-12(11)16-7-17-13/h3-7,9H,15H2,1-2H3,(H,16,17,19). The zero-order valence-corrected chi connectivity index (χ0v) is 12.1. The van der Waals surface area contributed by atoms with Crippen molar-refractivity contribution in [2.45, 2.75) is 19.9 Å². The summed E-state index contributed by atoms with van der Waals surface area (Å²) in [7, 11) is 0. The molecule has 5 nitrogen and oxygen atoms in total. The number of nitrogen functional groups attached to an aromatic ring is 1. The van der Waals surface area contributed by atoms with Crippen molar-refractivity contribution < 1.29 is 0 Å². The minimum absolute atomic E-state index is 0.0910. The topological polar surface area (TPSA) is 76.7 Å². The lowest BCUT2D eigenvalue weighted by molar-refractivity contribution is 0.856. The van der Waals surface area contributed by atoms with Gasteiger partial charge in [0.1, 0.15) is 17.2 Å². The van der Waals surface area contributed by atoms with Gasteiger partial charge in [-0.1, -0.05) is 0 Å². The van der Waals surface area contributed by atoms with E-state index in [2.05, 4.69) is 27.2 Å². The number of hydrogen-bond acceptors (Lipinski definition) is 6. The molecule has 0 radical (unpaired) electrons. The molecule has 6 heteroatoms. The van der Waals surface area contributed by atoms with Gasteiger partial charge in [0.15, 0.2) is 0 Å². The highest BCUT2D eigenvalue weighted by Gasteiger charge is 2.12. The third-order valence-corrected chi connectivity index (χ3v) is 4.17. The summed E-state index contributed by atoms with van der Waals surface area (Å²) in [4.78, 5) is 13.1. The minimum atomic E-state index is 0.0910. The fraction of sp³-hybridized carbons (Fsp3) is 0.214. The number of aromatic nitrogens is 3. The molecule has 102 valence electrons. The summed E-state index contributed by atoms with van der Waals surface area (Å²) in [5.74, 6) is 0.780. The quantitative estimate of drug-likeness (QED) is 0.723. The second kappa shape index (κ2) is 5.05. The maximum absolute atomic E-state index is 5.84. The van der Waals surface area contributed by atoms with E-state index < -0.39 is 0 Å². The van der Waals surface area contributed by atoms with E-state index in [1.54, 1.807) is 17.7 Å². The summed E-state index contributed by atoms with van der Waals surface area (Å²) >= 11 is 1.64. The average molecular weight is 285 g/mol. The molecule has 20 heavy (non-hydrogen) atoms. The van der Waals surface area contributed by atoms with E-state index in [-0.39, 0.29) is 6.04 Å². The lowest BCUT2D eigenvalue weighted by Gasteiger charge is -2.13. The van der Waals surface area contributed by atoms with Crippen LogP contribution in [-0.2, 0) is 0 Å². The molecule has 0 spiro atoms. The molecule has 0 fully saturated rings. The van der Waals surface area contributed by atoms with Gasteiger partial charge in [0.05, 0.1) is 11.6 Å². The number of nitrogens with zero attached hydrogens (tertiary/aromatic N) is 3. The van der Waals surface area contributed by atoms with Crippen molar-refractivity contribution >= 4 is 33.7 Å². The van der Waals surface area contributed by atoms with Crippen LogP contribution in [0.3, 0.4) is 0 Å². The van der Waals surface area contributed by atoms with Gasteiger partial charge < -0.3 is 11.1 Å². The predicted molar refractivity (Wildman–Crippen MR) is 82.8 cm³/mol. The molecule has 0 bridgehead atoms. The van der Waals surface area contributed by atoms with E-state index in [4.69, 9.17) is 5.73 Å². The van der Waals surface area contributed by atoms with Crippen molar-refractivity contribution in [1.82, 2.24) is 15.0 Å². The summed E-state index contributed by atoms with van der Waals surface area (Å²) in [6.07, 6.45) is 1.56. The number of nitrogens with one attached hydrogen (secondary N) is 1. The van der Waals surface area contributed by atoms with E-state index in [1.807, 2.05) is 30.5 Å². The number of rotatable bonds is 3. The lowest BCUT2D eigenvalue weighted by atomic mass is 10.2. The zero-order valence-electron chi connectivity index (χ0n) is 11.3. The second-order valence-corrected chi connectivity index (χ2v) is 5.58. The van der Waals surface area contributed by atoms with Crippen LogP contribution in [0.2, 0.25) is 0 Å². The van der Waals surface area contributed by atoms with E-state index in [0.29, 0.717) is 5.69 Å². The first kappa shape index (κ1) is 12.8. The van der Waals surface area contributed by atoms with Crippen LogP contribution in [-0.4, -0.2) is 15.0 Å². The Morgan fingerprint density at radius 2 is 2.15 bits per heavy atom. The third kappa shape index (κ3) is 2.42. The summed E-state index contributed by atoms with van der Waals surface area (Å²) < 4.78 is 0. The Bertz CT molecular complexity index is 752. The Kier molecular flexibility index (Phi) is 3.23. The number of aryl methyl sites for hydroxylation is 1. The van der Waals surface area contributed by atoms with Crippen molar-refractivity contribution in [2.75, 3.05) is 11.1 Å². The maximum atomic E-state index is 5.84. The number of hydrogen-bond donors (Lipinski definition) is 2. The summed E-state index contributed by atoms with van der Waals surface area (Å²) in [6.45, 7) is 4.06. The summed E-state index contributed by atoms with van der Waals surface area (Å²) in [6, 6.07) is 5.72. The van der Waals surface area contributed by atoms with Crippen molar-refractivity contribution in [3.63, 3.8) is 0 Å². The molecule has 1 aromatic carbocycles. The Labute approximate surface area is 120 Å². The van der Waals surface area contributed by atoms with Crippen molar-refractivity contribution in [3.8, 4) is 0 Å². The average Bonchev–Trinajstić information content (AvgIpc) is 2.86. The Hall–Kier alpha value is -2.21. The molecule has 0 aliphatic carbocycles. The molecular formula is C14H15N5S. The van der Waals surface area contributed by atoms with Gasteiger partial charge in [-0.15, -0.1) is 11.3 Å². The first-order valence-corrected chi connectivity index (χ1v) is 7.20. The first-order valence-electron chi connectivity index (χ1n) is 6.32. The normalized spacial score (nSPS) is 12.5. The SMILES string of the molecule is Cc1csc(C(C)Nc2ncnc3ccc(N)cc23)n1. The molecule has 3 N–H and O–H groups in total. The lowest BCUT2D eigenvalue weighted by Crippen LogP contribution is -2.08. The van der Waals surface area contributed by atoms with Crippen molar-refractivity contribution in [1.29, 1.82) is 0 Å². The van der Waals surface area contributed by atoms with E-state index in [1.165, 1.54) is 0 Å². The zero-order chi connectivity index (χ0) is 14.1. The van der Waals surface area contributed by atoms with Crippen LogP contribution in [0.4, 0.5) is 11.5 Å². The highest BCUT2D eigenvalue weighted by atomic mass is 32.1. The number of anilines is 2. The highest BCUT2D eigenvalue weighted by molar-refractivity contribution is 7.09. The number of nitrogens with two attached hydrogens (primary N) is 1. The van der Waals surface area contributed by atoms with E-state index in [9.17, 15) is 0 Å². The summed E-state index contributed by atoms with van der Waals surface area (Å²) in [5, 5.41) is 7.39. The monoisotopic (exact) mass is 285 g/mol. The molecule has 1 atom stereocenters. The van der Waals surface area contributed by atoms with Crippen LogP contribution in [0.15, 0.2) is 29.9 Å². The minimum Gasteiger partial charge on any atom is -0.399 e. The van der Waals surface area contributed by atoms with Crippen LogP contribution >= 0.6 is 11.3 Å². The second-order valence-electron chi connectivity index (χ2n) is 4.69. The Morgan fingerprint density at radius 1 is 1.30 bits per heavy atom. The fourth-order valence-electron chi connectivity index (χ4n) is 2.03. The molecule has 0 saturated carbocycles. The Morgan fingerprint density at radius 3 is 2.90 bits per heavy atom. The van der Waals surface area contributed by atoms with Gasteiger partial charge in [-0.3, -0.25) is 0 Å². The number of fused-ring (bicyclic) bond motifs is 1. The van der Waals surface area contributed by atoms with Crippen molar-refractivity contribution in [3.05, 3.63) is 40.6 Å². The van der Waals surface area contributed by atoms with Gasteiger partial charge in [-0.2, -0.15) is 0 Å². The molecule has 1 unspecified atom stereocenters. The number of thiazole rings is 1. The van der Waals surface area contributed by atoms with Crippen LogP contribution in [0.5, 0.6) is 0 Å².